The SMILES string of the molecule is C=CCOC(=O)C1=C(Sc2nc(C3=CCC(C)N(C)C3)cs2)[C@H](C)[C@@H]2[C@@H]([C@@H](C)O[Si](C)(C)C)C(=O)N12. The molecule has 196 valence electrons. The molecule has 3 aliphatic rings. The quantitative estimate of drug-likeness (QED) is 0.186. The van der Waals surface area contributed by atoms with E-state index >= 15 is 0 Å². The molecule has 7 nitrogen and oxygen atoms in total. The lowest BCUT2D eigenvalue weighted by Crippen LogP contribution is -2.64. The number of fused-ring (bicyclic) bond motifs is 1. The Balaban J connectivity index is 1.60. The van der Waals surface area contributed by atoms with Gasteiger partial charge in [-0.05, 0) is 52.5 Å². The van der Waals surface area contributed by atoms with Gasteiger partial charge in [0.15, 0.2) is 12.7 Å². The van der Waals surface area contributed by atoms with Gasteiger partial charge in [-0.3, -0.25) is 9.69 Å². The zero-order valence-electron chi connectivity index (χ0n) is 22.2. The molecule has 1 fully saturated rings. The first-order chi connectivity index (χ1) is 16.9. The summed E-state index contributed by atoms with van der Waals surface area (Å²) >= 11 is 3.06. The Morgan fingerprint density at radius 2 is 2.11 bits per heavy atom. The largest absolute Gasteiger partial charge is 0.457 e. The minimum atomic E-state index is -1.83. The normalized spacial score (nSPS) is 27.5. The third-order valence-corrected chi connectivity index (χ3v) is 10.3. The van der Waals surface area contributed by atoms with Crippen LogP contribution >= 0.6 is 23.1 Å². The van der Waals surface area contributed by atoms with Crippen molar-refractivity contribution in [1.82, 2.24) is 14.8 Å². The molecule has 0 aliphatic carbocycles. The average Bonchev–Trinajstić information content (AvgIpc) is 3.35. The van der Waals surface area contributed by atoms with E-state index in [0.29, 0.717) is 11.7 Å². The minimum absolute atomic E-state index is 0.0232. The first kappa shape index (κ1) is 27.3. The summed E-state index contributed by atoms with van der Waals surface area (Å²) in [6.45, 7) is 17.3. The number of thioether (sulfide) groups is 1. The maximum Gasteiger partial charge on any atom is 0.356 e. The Morgan fingerprint density at radius 1 is 1.39 bits per heavy atom. The second-order valence-corrected chi connectivity index (χ2v) is 17.5. The van der Waals surface area contributed by atoms with E-state index in [1.807, 2.05) is 6.92 Å². The van der Waals surface area contributed by atoms with Gasteiger partial charge < -0.3 is 14.1 Å². The highest BCUT2D eigenvalue weighted by molar-refractivity contribution is 8.04. The zero-order valence-corrected chi connectivity index (χ0v) is 24.9. The van der Waals surface area contributed by atoms with Crippen LogP contribution in [0.3, 0.4) is 0 Å². The molecule has 0 aromatic carbocycles. The van der Waals surface area contributed by atoms with Crippen LogP contribution in [0.1, 0.15) is 32.9 Å². The number of carbonyl (C=O) groups excluding carboxylic acids is 2. The van der Waals surface area contributed by atoms with Crippen molar-refractivity contribution in [2.75, 3.05) is 20.2 Å². The summed E-state index contributed by atoms with van der Waals surface area (Å²) in [6, 6.07) is 0.408. The number of esters is 1. The second-order valence-electron chi connectivity index (χ2n) is 10.9. The highest BCUT2D eigenvalue weighted by Crippen LogP contribution is 2.53. The number of thiazole rings is 1. The molecule has 0 spiro atoms. The molecule has 1 unspecified atom stereocenters. The van der Waals surface area contributed by atoms with Crippen LogP contribution in [0.5, 0.6) is 0 Å². The summed E-state index contributed by atoms with van der Waals surface area (Å²) in [5, 5.41) is 2.08. The maximum atomic E-state index is 13.3. The Hall–Kier alpha value is -1.72. The van der Waals surface area contributed by atoms with E-state index in [0.717, 1.165) is 27.9 Å². The van der Waals surface area contributed by atoms with Crippen molar-refractivity contribution in [2.45, 2.75) is 69.4 Å². The van der Waals surface area contributed by atoms with Crippen molar-refractivity contribution in [1.29, 1.82) is 0 Å². The van der Waals surface area contributed by atoms with Crippen LogP contribution in [0, 0.1) is 11.8 Å². The fourth-order valence-electron chi connectivity index (χ4n) is 5.18. The highest BCUT2D eigenvalue weighted by atomic mass is 32.2. The van der Waals surface area contributed by atoms with Crippen LogP contribution in [0.2, 0.25) is 19.6 Å². The molecular weight excluding hydrogens is 511 g/mol. The molecule has 5 atom stereocenters. The summed E-state index contributed by atoms with van der Waals surface area (Å²) in [6.07, 6.45) is 4.62. The van der Waals surface area contributed by atoms with Gasteiger partial charge >= 0.3 is 5.97 Å². The molecule has 1 amide bonds. The zero-order chi connectivity index (χ0) is 26.4. The standard InChI is InChI=1S/C26H37N3O4S2Si/c1-9-12-32-25(31)22-23(16(3)21-20(24(30)29(21)22)17(4)33-36(6,7)8)35-26-27-19(14-34-26)18-11-10-15(2)28(5)13-18/h9,11,14-17,20-21H,1,10,12-13H2,2-8H3/t15?,16-,17-,20-,21-/m1/s1. The third kappa shape index (κ3) is 5.29. The van der Waals surface area contributed by atoms with Crippen LogP contribution < -0.4 is 0 Å². The van der Waals surface area contributed by atoms with Crippen molar-refractivity contribution in [3.63, 3.8) is 0 Å². The number of ether oxygens (including phenoxy) is 1. The number of nitrogens with zero attached hydrogens (tertiary/aromatic N) is 3. The molecule has 3 aliphatic heterocycles. The molecule has 1 aromatic heterocycles. The Bertz CT molecular complexity index is 1110. The number of likely N-dealkylation sites (N-methyl/N-ethyl adjacent to an activating group) is 1. The molecule has 4 heterocycles. The first-order valence-electron chi connectivity index (χ1n) is 12.5. The number of carbonyl (C=O) groups is 2. The van der Waals surface area contributed by atoms with Crippen molar-refractivity contribution in [3.8, 4) is 0 Å². The summed E-state index contributed by atoms with van der Waals surface area (Å²) in [5.74, 6) is -0.850. The van der Waals surface area contributed by atoms with E-state index in [9.17, 15) is 9.59 Å². The number of rotatable bonds is 9. The number of hydrogen-bond acceptors (Lipinski definition) is 8. The predicted octanol–water partition coefficient (Wildman–Crippen LogP) is 5.00. The molecule has 1 aromatic rings. The van der Waals surface area contributed by atoms with Gasteiger partial charge in [0.05, 0.1) is 23.8 Å². The molecule has 0 saturated carbocycles. The lowest BCUT2D eigenvalue weighted by atomic mass is 9.79. The highest BCUT2D eigenvalue weighted by Gasteiger charge is 2.61. The summed E-state index contributed by atoms with van der Waals surface area (Å²) in [4.78, 5) is 36.2. The van der Waals surface area contributed by atoms with E-state index in [4.69, 9.17) is 14.1 Å². The van der Waals surface area contributed by atoms with Crippen LogP contribution in [-0.4, -0.2) is 73.4 Å². The van der Waals surface area contributed by atoms with Crippen LogP contribution in [0.15, 0.2) is 39.1 Å². The monoisotopic (exact) mass is 547 g/mol. The van der Waals surface area contributed by atoms with Gasteiger partial charge in [-0.2, -0.15) is 0 Å². The first-order valence-corrected chi connectivity index (χ1v) is 17.6. The van der Waals surface area contributed by atoms with E-state index < -0.39 is 14.3 Å². The van der Waals surface area contributed by atoms with Gasteiger partial charge in [-0.15, -0.1) is 11.3 Å². The maximum absolute atomic E-state index is 13.3. The van der Waals surface area contributed by atoms with Gasteiger partial charge in [0, 0.05) is 28.8 Å². The van der Waals surface area contributed by atoms with E-state index in [1.54, 1.807) is 16.2 Å². The Morgan fingerprint density at radius 3 is 2.75 bits per heavy atom. The molecule has 4 rings (SSSR count). The van der Waals surface area contributed by atoms with Crippen molar-refractivity contribution in [3.05, 3.63) is 40.4 Å². The smallest absolute Gasteiger partial charge is 0.356 e. The topological polar surface area (TPSA) is 72.0 Å². The lowest BCUT2D eigenvalue weighted by Gasteiger charge is -2.48. The molecule has 0 radical (unpaired) electrons. The van der Waals surface area contributed by atoms with Gasteiger partial charge in [0.2, 0.25) is 5.91 Å². The number of hydrogen-bond donors (Lipinski definition) is 0. The molecular formula is C26H37N3O4S2Si. The minimum Gasteiger partial charge on any atom is -0.457 e. The molecule has 1 saturated heterocycles. The van der Waals surface area contributed by atoms with Crippen LogP contribution in [-0.2, 0) is 18.8 Å². The molecule has 0 N–H and O–H groups in total. The fourth-order valence-corrected chi connectivity index (χ4v) is 8.55. The van der Waals surface area contributed by atoms with Crippen molar-refractivity contribution in [2.24, 2.45) is 11.8 Å². The molecule has 36 heavy (non-hydrogen) atoms. The second kappa shape index (κ2) is 10.6. The Kier molecular flexibility index (Phi) is 8.02. The van der Waals surface area contributed by atoms with Gasteiger partial charge in [0.25, 0.3) is 0 Å². The number of aromatic nitrogens is 1. The third-order valence-electron chi connectivity index (χ3n) is 7.05. The molecule has 0 bridgehead atoms. The number of amides is 1. The van der Waals surface area contributed by atoms with Crippen molar-refractivity contribution >= 4 is 48.9 Å². The average molecular weight is 548 g/mol. The summed E-state index contributed by atoms with van der Waals surface area (Å²) in [7, 11) is 0.307. The van der Waals surface area contributed by atoms with Gasteiger partial charge in [-0.1, -0.05) is 37.4 Å². The lowest BCUT2D eigenvalue weighted by molar-refractivity contribution is -0.163. The van der Waals surface area contributed by atoms with Crippen LogP contribution in [0.25, 0.3) is 5.57 Å². The molecule has 10 heteroatoms. The van der Waals surface area contributed by atoms with E-state index in [2.05, 4.69) is 63.5 Å². The van der Waals surface area contributed by atoms with E-state index in [1.165, 1.54) is 23.4 Å². The van der Waals surface area contributed by atoms with Gasteiger partial charge in [-0.25, -0.2) is 9.78 Å². The van der Waals surface area contributed by atoms with Crippen molar-refractivity contribution < 1.29 is 18.8 Å². The van der Waals surface area contributed by atoms with Gasteiger partial charge in [0.1, 0.15) is 12.3 Å². The predicted molar refractivity (Wildman–Crippen MR) is 148 cm³/mol. The van der Waals surface area contributed by atoms with Crippen LogP contribution in [0.4, 0.5) is 0 Å². The fraction of sp³-hybridized carbons (Fsp3) is 0.577. The summed E-state index contributed by atoms with van der Waals surface area (Å²) in [5.41, 5.74) is 2.56. The summed E-state index contributed by atoms with van der Waals surface area (Å²) < 4.78 is 12.6. The number of β-lactam (4-membered cyclic amide) rings is 1. The van der Waals surface area contributed by atoms with E-state index in [-0.39, 0.29) is 36.5 Å². The Labute approximate surface area is 223 Å².